The van der Waals surface area contributed by atoms with Gasteiger partial charge in [0.05, 0.1) is 12.0 Å². The molecule has 2 N–H and O–H groups in total. The molecule has 1 saturated heterocycles. The van der Waals surface area contributed by atoms with E-state index in [1.807, 2.05) is 26.1 Å². The first-order valence-corrected chi connectivity index (χ1v) is 10.2. The Morgan fingerprint density at radius 3 is 2.67 bits per heavy atom. The molecule has 1 fully saturated rings. The monoisotopic (exact) mass is 411 g/mol. The van der Waals surface area contributed by atoms with E-state index in [0.29, 0.717) is 12.1 Å². The fraction of sp³-hybridized carbons (Fsp3) is 0.391. The third-order valence-corrected chi connectivity index (χ3v) is 6.41. The molecule has 1 aromatic heterocycles. The summed E-state index contributed by atoms with van der Waals surface area (Å²) >= 11 is 0. The number of aromatic nitrogens is 1. The first-order valence-electron chi connectivity index (χ1n) is 10.2. The molecule has 4 atom stereocenters. The second-order valence-electron chi connectivity index (χ2n) is 8.02. The molecule has 0 unspecified atom stereocenters. The lowest BCUT2D eigenvalue weighted by atomic mass is 9.86. The lowest BCUT2D eigenvalue weighted by Gasteiger charge is -2.35. The number of allylic oxidation sites excluding steroid dienone is 1. The molecule has 0 saturated carbocycles. The molecule has 0 radical (unpaired) electrons. The minimum atomic E-state index is -0.480. The number of hydrogen-bond donors (Lipinski definition) is 2. The number of carbonyl (C=O) groups is 1. The lowest BCUT2D eigenvalue weighted by molar-refractivity contribution is -0.127. The van der Waals surface area contributed by atoms with Gasteiger partial charge < -0.3 is 15.0 Å². The maximum absolute atomic E-state index is 13.2. The number of aliphatic hydroxyl groups is 1. The van der Waals surface area contributed by atoms with E-state index in [2.05, 4.69) is 10.2 Å². The zero-order valence-electron chi connectivity index (χ0n) is 17.1. The van der Waals surface area contributed by atoms with Gasteiger partial charge in [0.25, 0.3) is 5.56 Å². The molecule has 6 nitrogen and oxygen atoms in total. The highest BCUT2D eigenvalue weighted by Gasteiger charge is 2.54. The van der Waals surface area contributed by atoms with Gasteiger partial charge in [0.1, 0.15) is 5.82 Å². The second kappa shape index (κ2) is 8.16. The van der Waals surface area contributed by atoms with E-state index in [1.54, 1.807) is 28.8 Å². The number of carbonyl (C=O) groups excluding carboxylic acids is 1. The topological polar surface area (TPSA) is 74.6 Å². The van der Waals surface area contributed by atoms with E-state index in [9.17, 15) is 19.1 Å². The molecule has 2 aliphatic heterocycles. The predicted octanol–water partition coefficient (Wildman–Crippen LogP) is 1.93. The average Bonchev–Trinajstić information content (AvgIpc) is 2.92. The van der Waals surface area contributed by atoms with Crippen molar-refractivity contribution in [2.75, 3.05) is 13.7 Å². The van der Waals surface area contributed by atoms with E-state index in [-0.39, 0.29) is 48.4 Å². The normalized spacial score (nSPS) is 25.5. The molecule has 3 heterocycles. The standard InChI is InChI=1S/C23H26FN3O3/c1-3-4-15-7-10-18-21-20(22(29)25-11-14-5-8-16(24)9-6-14)17(13-28)19(26(21)2)12-27(18)23(15)30/h3-10,17,19-21,28H,11-13H2,1-2H3,(H,25,29)/b4-3-/t17-,19-,20+,21+/m0/s1. The summed E-state index contributed by atoms with van der Waals surface area (Å²) in [6, 6.07) is 9.30. The molecule has 2 aromatic rings. The van der Waals surface area contributed by atoms with Crippen molar-refractivity contribution >= 4 is 12.0 Å². The number of fused-ring (bicyclic) bond motifs is 4. The molecule has 30 heavy (non-hydrogen) atoms. The average molecular weight is 411 g/mol. The summed E-state index contributed by atoms with van der Waals surface area (Å²) in [7, 11) is 1.94. The van der Waals surface area contributed by atoms with Crippen molar-refractivity contribution in [1.29, 1.82) is 0 Å². The van der Waals surface area contributed by atoms with Crippen LogP contribution >= 0.6 is 0 Å². The Morgan fingerprint density at radius 1 is 1.27 bits per heavy atom. The quantitative estimate of drug-likeness (QED) is 0.789. The number of aliphatic hydroxyl groups excluding tert-OH is 1. The SMILES string of the molecule is C/C=C\c1ccc2n(c1=O)C[C@H]1[C@H](CO)[C@@H](C(=O)NCc3ccc(F)cc3)[C@@H]2N1C. The van der Waals surface area contributed by atoms with Gasteiger partial charge in [0.2, 0.25) is 5.91 Å². The Hall–Kier alpha value is -2.77. The maximum atomic E-state index is 13.2. The van der Waals surface area contributed by atoms with E-state index < -0.39 is 5.92 Å². The molecular formula is C23H26FN3O3. The summed E-state index contributed by atoms with van der Waals surface area (Å²) in [5.74, 6) is -1.25. The molecule has 4 rings (SSSR count). The highest BCUT2D eigenvalue weighted by atomic mass is 19.1. The van der Waals surface area contributed by atoms with Gasteiger partial charge in [-0.1, -0.05) is 24.3 Å². The van der Waals surface area contributed by atoms with Crippen molar-refractivity contribution < 1.29 is 14.3 Å². The molecule has 2 bridgehead atoms. The summed E-state index contributed by atoms with van der Waals surface area (Å²) in [5.41, 5.74) is 2.14. The van der Waals surface area contributed by atoms with Crippen molar-refractivity contribution in [3.05, 3.63) is 75.5 Å². The number of halogens is 1. The minimum Gasteiger partial charge on any atom is -0.396 e. The van der Waals surface area contributed by atoms with Crippen LogP contribution in [-0.2, 0) is 17.9 Å². The van der Waals surface area contributed by atoms with Crippen LogP contribution in [0.4, 0.5) is 4.39 Å². The van der Waals surface area contributed by atoms with Crippen LogP contribution < -0.4 is 10.9 Å². The smallest absolute Gasteiger partial charge is 0.258 e. The zero-order chi connectivity index (χ0) is 21.4. The fourth-order valence-corrected chi connectivity index (χ4v) is 4.92. The van der Waals surface area contributed by atoms with Gasteiger partial charge in [-0.25, -0.2) is 4.39 Å². The van der Waals surface area contributed by atoms with Gasteiger partial charge in [0.15, 0.2) is 0 Å². The molecule has 2 aliphatic rings. The highest BCUT2D eigenvalue weighted by molar-refractivity contribution is 5.80. The predicted molar refractivity (Wildman–Crippen MR) is 112 cm³/mol. The van der Waals surface area contributed by atoms with Crippen LogP contribution in [0, 0.1) is 17.7 Å². The van der Waals surface area contributed by atoms with Crippen LogP contribution in [0.5, 0.6) is 0 Å². The molecule has 0 aliphatic carbocycles. The summed E-state index contributed by atoms with van der Waals surface area (Å²) in [6.07, 6.45) is 3.61. The van der Waals surface area contributed by atoms with Crippen LogP contribution in [0.25, 0.3) is 6.08 Å². The zero-order valence-corrected chi connectivity index (χ0v) is 17.1. The number of likely N-dealkylation sites (N-methyl/N-ethyl adjacent to an activating group) is 1. The number of nitrogens with zero attached hydrogens (tertiary/aromatic N) is 2. The Kier molecular flexibility index (Phi) is 5.58. The summed E-state index contributed by atoms with van der Waals surface area (Å²) in [6.45, 7) is 2.45. The summed E-state index contributed by atoms with van der Waals surface area (Å²) in [4.78, 5) is 28.2. The van der Waals surface area contributed by atoms with Crippen LogP contribution in [0.1, 0.15) is 29.8 Å². The third-order valence-electron chi connectivity index (χ3n) is 6.41. The molecule has 158 valence electrons. The number of nitrogens with one attached hydrogen (secondary N) is 1. The van der Waals surface area contributed by atoms with Gasteiger partial charge in [-0.05, 0) is 43.8 Å². The van der Waals surface area contributed by atoms with Crippen LogP contribution in [-0.4, -0.2) is 40.2 Å². The first kappa shape index (κ1) is 20.5. The summed E-state index contributed by atoms with van der Waals surface area (Å²) < 4.78 is 14.9. The van der Waals surface area contributed by atoms with Crippen LogP contribution in [0.2, 0.25) is 0 Å². The summed E-state index contributed by atoms with van der Waals surface area (Å²) in [5, 5.41) is 13.0. The van der Waals surface area contributed by atoms with Crippen molar-refractivity contribution in [1.82, 2.24) is 14.8 Å². The van der Waals surface area contributed by atoms with Gasteiger partial charge in [-0.2, -0.15) is 0 Å². The van der Waals surface area contributed by atoms with Crippen LogP contribution in [0.3, 0.4) is 0 Å². The van der Waals surface area contributed by atoms with Crippen molar-refractivity contribution in [3.63, 3.8) is 0 Å². The minimum absolute atomic E-state index is 0.0715. The highest BCUT2D eigenvalue weighted by Crippen LogP contribution is 2.47. The van der Waals surface area contributed by atoms with E-state index in [4.69, 9.17) is 0 Å². The number of amides is 1. The van der Waals surface area contributed by atoms with Crippen molar-refractivity contribution in [2.24, 2.45) is 11.8 Å². The fourth-order valence-electron chi connectivity index (χ4n) is 4.92. The van der Waals surface area contributed by atoms with Gasteiger partial charge in [-0.3, -0.25) is 14.5 Å². The number of rotatable bonds is 5. The van der Waals surface area contributed by atoms with Gasteiger partial charge in [-0.15, -0.1) is 0 Å². The first-order chi connectivity index (χ1) is 14.5. The van der Waals surface area contributed by atoms with Gasteiger partial charge >= 0.3 is 0 Å². The molecule has 7 heteroatoms. The third kappa shape index (κ3) is 3.38. The van der Waals surface area contributed by atoms with E-state index in [1.165, 1.54) is 12.1 Å². The Labute approximate surface area is 174 Å². The maximum Gasteiger partial charge on any atom is 0.258 e. The van der Waals surface area contributed by atoms with E-state index >= 15 is 0 Å². The van der Waals surface area contributed by atoms with Crippen molar-refractivity contribution in [3.8, 4) is 0 Å². The second-order valence-corrected chi connectivity index (χ2v) is 8.02. The van der Waals surface area contributed by atoms with Gasteiger partial charge in [0, 0.05) is 42.9 Å². The number of pyridine rings is 1. The number of hydrogen-bond acceptors (Lipinski definition) is 4. The Balaban J connectivity index is 1.64. The molecule has 0 spiro atoms. The largest absolute Gasteiger partial charge is 0.396 e. The Bertz CT molecular complexity index is 1030. The molecule has 1 aromatic carbocycles. The molecule has 1 amide bonds. The van der Waals surface area contributed by atoms with Crippen molar-refractivity contribution in [2.45, 2.75) is 32.1 Å². The van der Waals surface area contributed by atoms with Crippen LogP contribution in [0.15, 0.2) is 47.3 Å². The molecular weight excluding hydrogens is 385 g/mol. The van der Waals surface area contributed by atoms with E-state index in [0.717, 1.165) is 11.3 Å². The Morgan fingerprint density at radius 2 is 2.00 bits per heavy atom. The lowest BCUT2D eigenvalue weighted by Crippen LogP contribution is -2.44. The number of benzene rings is 1.